The van der Waals surface area contributed by atoms with E-state index < -0.39 is 11.9 Å². The largest absolute Gasteiger partial charge is 0.481 e. The number of carbonyl (C=O) groups is 2. The van der Waals surface area contributed by atoms with E-state index in [0.29, 0.717) is 13.0 Å². The molecule has 1 fully saturated rings. The summed E-state index contributed by atoms with van der Waals surface area (Å²) in [5, 5.41) is 12.6. The van der Waals surface area contributed by atoms with Gasteiger partial charge in [-0.25, -0.2) is 0 Å². The summed E-state index contributed by atoms with van der Waals surface area (Å²) in [6, 6.07) is 7.40. The molecule has 3 rings (SSSR count). The van der Waals surface area contributed by atoms with Crippen molar-refractivity contribution in [3.05, 3.63) is 29.8 Å². The molecule has 1 unspecified atom stereocenters. The first-order chi connectivity index (χ1) is 10.2. The zero-order valence-corrected chi connectivity index (χ0v) is 11.9. The van der Waals surface area contributed by atoms with Crippen molar-refractivity contribution in [2.24, 2.45) is 5.92 Å². The summed E-state index contributed by atoms with van der Waals surface area (Å²) in [5.41, 5.74) is 1.54. The van der Waals surface area contributed by atoms with Crippen LogP contribution < -0.4 is 10.2 Å². The predicted molar refractivity (Wildman–Crippen MR) is 79.4 cm³/mol. The number of para-hydroxylation sites is 1. The molecule has 2 aliphatic heterocycles. The molecule has 2 aliphatic rings. The highest BCUT2D eigenvalue weighted by molar-refractivity contribution is 5.97. The minimum atomic E-state index is -0.809. The monoisotopic (exact) mass is 288 g/mol. The Labute approximate surface area is 123 Å². The maximum atomic E-state index is 12.7. The average molecular weight is 288 g/mol. The molecule has 0 bridgehead atoms. The van der Waals surface area contributed by atoms with Gasteiger partial charge in [0, 0.05) is 18.2 Å². The summed E-state index contributed by atoms with van der Waals surface area (Å²) < 4.78 is 0. The van der Waals surface area contributed by atoms with E-state index in [1.807, 2.05) is 24.3 Å². The van der Waals surface area contributed by atoms with Crippen molar-refractivity contribution in [3.63, 3.8) is 0 Å². The third-order valence-corrected chi connectivity index (χ3v) is 4.50. The Hall–Kier alpha value is -1.88. The van der Waals surface area contributed by atoms with Crippen molar-refractivity contribution >= 4 is 17.6 Å². The van der Waals surface area contributed by atoms with Gasteiger partial charge in [-0.05, 0) is 44.0 Å². The van der Waals surface area contributed by atoms with Crippen molar-refractivity contribution in [1.82, 2.24) is 5.32 Å². The maximum Gasteiger partial charge on any atom is 0.311 e. The fourth-order valence-electron chi connectivity index (χ4n) is 3.34. The van der Waals surface area contributed by atoms with E-state index in [2.05, 4.69) is 5.32 Å². The number of anilines is 1. The SMILES string of the molecule is O=C(O)C1CCN(C(=O)C2CCNCC2)c2ccccc21. The summed E-state index contributed by atoms with van der Waals surface area (Å²) in [4.78, 5) is 25.9. The minimum Gasteiger partial charge on any atom is -0.481 e. The fraction of sp³-hybridized carbons (Fsp3) is 0.500. The number of carbonyl (C=O) groups excluding carboxylic acids is 1. The van der Waals surface area contributed by atoms with Gasteiger partial charge in [-0.1, -0.05) is 18.2 Å². The Morgan fingerprint density at radius 2 is 1.86 bits per heavy atom. The lowest BCUT2D eigenvalue weighted by Gasteiger charge is -2.35. The third-order valence-electron chi connectivity index (χ3n) is 4.50. The molecule has 0 spiro atoms. The van der Waals surface area contributed by atoms with Gasteiger partial charge in [-0.3, -0.25) is 9.59 Å². The lowest BCUT2D eigenvalue weighted by atomic mass is 9.88. The lowest BCUT2D eigenvalue weighted by molar-refractivity contribution is -0.139. The van der Waals surface area contributed by atoms with Gasteiger partial charge >= 0.3 is 5.97 Å². The predicted octanol–water partition coefficient (Wildman–Crippen LogP) is 1.59. The first kappa shape index (κ1) is 14.1. The highest BCUT2D eigenvalue weighted by Gasteiger charge is 2.35. The Morgan fingerprint density at radius 1 is 1.14 bits per heavy atom. The lowest BCUT2D eigenvalue weighted by Crippen LogP contribution is -2.44. The number of rotatable bonds is 2. The molecular weight excluding hydrogens is 268 g/mol. The quantitative estimate of drug-likeness (QED) is 0.867. The van der Waals surface area contributed by atoms with Crippen LogP contribution in [0, 0.1) is 5.92 Å². The third kappa shape index (κ3) is 2.65. The summed E-state index contributed by atoms with van der Waals surface area (Å²) in [7, 11) is 0. The zero-order valence-electron chi connectivity index (χ0n) is 11.9. The molecule has 112 valence electrons. The zero-order chi connectivity index (χ0) is 14.8. The van der Waals surface area contributed by atoms with Crippen LogP contribution in [-0.4, -0.2) is 36.6 Å². The van der Waals surface area contributed by atoms with Crippen LogP contribution in [0.1, 0.15) is 30.7 Å². The number of nitrogens with one attached hydrogen (secondary N) is 1. The summed E-state index contributed by atoms with van der Waals surface area (Å²) >= 11 is 0. The molecule has 1 amide bonds. The Balaban J connectivity index is 1.88. The van der Waals surface area contributed by atoms with Gasteiger partial charge in [-0.2, -0.15) is 0 Å². The van der Waals surface area contributed by atoms with Crippen molar-refractivity contribution in [2.45, 2.75) is 25.2 Å². The average Bonchev–Trinajstić information content (AvgIpc) is 2.54. The minimum absolute atomic E-state index is 0.0562. The van der Waals surface area contributed by atoms with Crippen molar-refractivity contribution in [3.8, 4) is 0 Å². The second kappa shape index (κ2) is 5.85. The maximum absolute atomic E-state index is 12.7. The number of aliphatic carboxylic acids is 1. The molecule has 1 saturated heterocycles. The summed E-state index contributed by atoms with van der Waals surface area (Å²) in [6.45, 7) is 2.25. The van der Waals surface area contributed by atoms with Gasteiger partial charge in [0.25, 0.3) is 0 Å². The number of hydrogen-bond acceptors (Lipinski definition) is 3. The molecule has 2 heterocycles. The normalized spacial score (nSPS) is 22.7. The van der Waals surface area contributed by atoms with E-state index in [-0.39, 0.29) is 11.8 Å². The molecule has 1 aromatic carbocycles. The van der Waals surface area contributed by atoms with Crippen LogP contribution in [0.3, 0.4) is 0 Å². The molecule has 1 atom stereocenters. The van der Waals surface area contributed by atoms with Gasteiger partial charge in [0.2, 0.25) is 5.91 Å². The molecule has 5 nitrogen and oxygen atoms in total. The molecule has 21 heavy (non-hydrogen) atoms. The molecule has 5 heteroatoms. The highest BCUT2D eigenvalue weighted by Crippen LogP contribution is 2.36. The number of amides is 1. The standard InChI is InChI=1S/C16H20N2O3/c19-15(11-5-8-17-9-6-11)18-10-7-13(16(20)21)12-3-1-2-4-14(12)18/h1-4,11,13,17H,5-10H2,(H,20,21). The number of carboxylic acids is 1. The molecule has 0 saturated carbocycles. The van der Waals surface area contributed by atoms with E-state index in [4.69, 9.17) is 0 Å². The number of piperidine rings is 1. The van der Waals surface area contributed by atoms with E-state index in [1.165, 1.54) is 0 Å². The van der Waals surface area contributed by atoms with Gasteiger partial charge in [0.15, 0.2) is 0 Å². The Bertz CT molecular complexity index is 552. The van der Waals surface area contributed by atoms with E-state index in [1.54, 1.807) is 4.90 Å². The Morgan fingerprint density at radius 3 is 2.57 bits per heavy atom. The summed E-state index contributed by atoms with van der Waals surface area (Å²) in [5.74, 6) is -1.11. The fourth-order valence-corrected chi connectivity index (χ4v) is 3.34. The molecule has 0 radical (unpaired) electrons. The Kier molecular flexibility index (Phi) is 3.92. The molecule has 0 aliphatic carbocycles. The van der Waals surface area contributed by atoms with Crippen LogP contribution in [0.5, 0.6) is 0 Å². The van der Waals surface area contributed by atoms with E-state index >= 15 is 0 Å². The van der Waals surface area contributed by atoms with Gasteiger partial charge < -0.3 is 15.3 Å². The van der Waals surface area contributed by atoms with Crippen molar-refractivity contribution in [1.29, 1.82) is 0 Å². The van der Waals surface area contributed by atoms with Crippen LogP contribution in [0.25, 0.3) is 0 Å². The van der Waals surface area contributed by atoms with Crippen LogP contribution in [0.2, 0.25) is 0 Å². The molecule has 1 aromatic rings. The van der Waals surface area contributed by atoms with Gasteiger partial charge in [-0.15, -0.1) is 0 Å². The van der Waals surface area contributed by atoms with E-state index in [0.717, 1.165) is 37.2 Å². The van der Waals surface area contributed by atoms with Crippen molar-refractivity contribution < 1.29 is 14.7 Å². The van der Waals surface area contributed by atoms with E-state index in [9.17, 15) is 14.7 Å². The second-order valence-corrected chi connectivity index (χ2v) is 5.75. The van der Waals surface area contributed by atoms with Crippen LogP contribution in [0.15, 0.2) is 24.3 Å². The smallest absolute Gasteiger partial charge is 0.311 e. The molecule has 0 aromatic heterocycles. The summed E-state index contributed by atoms with van der Waals surface area (Å²) in [6.07, 6.45) is 2.21. The number of hydrogen-bond donors (Lipinski definition) is 2. The topological polar surface area (TPSA) is 69.6 Å². The first-order valence-electron chi connectivity index (χ1n) is 7.52. The van der Waals surface area contributed by atoms with Crippen molar-refractivity contribution in [2.75, 3.05) is 24.5 Å². The number of carboxylic acid groups (broad SMARTS) is 1. The van der Waals surface area contributed by atoms with Crippen LogP contribution in [-0.2, 0) is 9.59 Å². The second-order valence-electron chi connectivity index (χ2n) is 5.75. The molecule has 2 N–H and O–H groups in total. The van der Waals surface area contributed by atoms with Crippen LogP contribution in [0.4, 0.5) is 5.69 Å². The first-order valence-corrected chi connectivity index (χ1v) is 7.52. The van der Waals surface area contributed by atoms with Crippen LogP contribution >= 0.6 is 0 Å². The number of nitrogens with zero attached hydrogens (tertiary/aromatic N) is 1. The van der Waals surface area contributed by atoms with Gasteiger partial charge in [0.1, 0.15) is 0 Å². The number of benzene rings is 1. The van der Waals surface area contributed by atoms with Gasteiger partial charge in [0.05, 0.1) is 5.92 Å². The molecular formula is C16H20N2O3. The highest BCUT2D eigenvalue weighted by atomic mass is 16.4. The number of fused-ring (bicyclic) bond motifs is 1.